The first-order chi connectivity index (χ1) is 15.2. The molecule has 1 amide bonds. The average Bonchev–Trinajstić information content (AvgIpc) is 2.77. The molecule has 0 atom stereocenters. The van der Waals surface area contributed by atoms with E-state index in [0.29, 0.717) is 22.3 Å². The molecule has 3 aromatic rings. The molecule has 0 saturated heterocycles. The van der Waals surface area contributed by atoms with Gasteiger partial charge in [0.25, 0.3) is 5.91 Å². The van der Waals surface area contributed by atoms with Gasteiger partial charge in [-0.2, -0.15) is 0 Å². The van der Waals surface area contributed by atoms with Crippen molar-refractivity contribution in [3.05, 3.63) is 77.9 Å². The van der Waals surface area contributed by atoms with E-state index in [2.05, 4.69) is 5.32 Å². The van der Waals surface area contributed by atoms with E-state index >= 15 is 0 Å². The van der Waals surface area contributed by atoms with Gasteiger partial charge in [0.15, 0.2) is 11.5 Å². The van der Waals surface area contributed by atoms with Gasteiger partial charge in [-0.05, 0) is 42.0 Å². The van der Waals surface area contributed by atoms with Crippen LogP contribution in [0, 0.1) is 5.41 Å². The van der Waals surface area contributed by atoms with Crippen LogP contribution >= 0.6 is 0 Å². The molecule has 3 rings (SSSR count). The fourth-order valence-corrected chi connectivity index (χ4v) is 3.74. The molecule has 0 aliphatic rings. The molecule has 9 nitrogen and oxygen atoms in total. The zero-order valence-electron chi connectivity index (χ0n) is 16.9. The summed E-state index contributed by atoms with van der Waals surface area (Å²) >= 11 is 0. The summed E-state index contributed by atoms with van der Waals surface area (Å²) in [5, 5.41) is 25.2. The topological polar surface area (TPSA) is 169 Å². The van der Waals surface area contributed by atoms with Gasteiger partial charge in [-0.15, -0.1) is 0 Å². The first kappa shape index (κ1) is 22.8. The van der Waals surface area contributed by atoms with Gasteiger partial charge in [0.2, 0.25) is 10.0 Å². The van der Waals surface area contributed by atoms with Gasteiger partial charge < -0.3 is 20.9 Å². The minimum Gasteiger partial charge on any atom is -0.504 e. The summed E-state index contributed by atoms with van der Waals surface area (Å²) in [7, 11) is -3.89. The second-order valence-electron chi connectivity index (χ2n) is 6.82. The predicted octanol–water partition coefficient (Wildman–Crippen LogP) is 1.80. The Labute approximate surface area is 185 Å². The maximum absolute atomic E-state index is 12.4. The molecule has 0 heterocycles. The summed E-state index contributed by atoms with van der Waals surface area (Å²) in [5.74, 6) is -0.443. The number of phenolic OH excluding ortho intramolecular Hbond substituents is 1. The number of carbonyl (C=O) groups is 1. The van der Waals surface area contributed by atoms with Crippen LogP contribution in [-0.4, -0.2) is 38.4 Å². The third-order valence-corrected chi connectivity index (χ3v) is 5.54. The van der Waals surface area contributed by atoms with E-state index in [1.165, 1.54) is 24.3 Å². The quantitative estimate of drug-likeness (QED) is 0.197. The van der Waals surface area contributed by atoms with Crippen LogP contribution in [0.5, 0.6) is 11.5 Å². The van der Waals surface area contributed by atoms with Crippen molar-refractivity contribution >= 4 is 21.8 Å². The predicted molar refractivity (Wildman–Crippen MR) is 120 cm³/mol. The third-order valence-electron chi connectivity index (χ3n) is 4.57. The van der Waals surface area contributed by atoms with Crippen LogP contribution < -0.4 is 20.9 Å². The number of amides is 1. The number of phenols is 1. The SMILES string of the molecule is N=C(N)c1ccc(O)c(OCCNC(=O)c2ccc(-c3ccccc3S(N)(=O)=O)cc2)c1. The van der Waals surface area contributed by atoms with Gasteiger partial charge in [-0.1, -0.05) is 30.3 Å². The first-order valence-electron chi connectivity index (χ1n) is 9.47. The molecule has 166 valence electrons. The van der Waals surface area contributed by atoms with Crippen molar-refractivity contribution < 1.29 is 23.1 Å². The van der Waals surface area contributed by atoms with Gasteiger partial charge in [0.1, 0.15) is 12.4 Å². The van der Waals surface area contributed by atoms with Crippen LogP contribution in [0.2, 0.25) is 0 Å². The second-order valence-corrected chi connectivity index (χ2v) is 8.35. The normalized spacial score (nSPS) is 11.0. The summed E-state index contributed by atoms with van der Waals surface area (Å²) in [6.45, 7) is 0.249. The van der Waals surface area contributed by atoms with Crippen molar-refractivity contribution in [3.63, 3.8) is 0 Å². The molecular weight excluding hydrogens is 432 g/mol. The lowest BCUT2D eigenvalue weighted by atomic mass is 10.0. The van der Waals surface area contributed by atoms with Gasteiger partial charge in [-0.25, -0.2) is 13.6 Å². The number of rotatable bonds is 8. The number of nitrogens with one attached hydrogen (secondary N) is 2. The maximum Gasteiger partial charge on any atom is 0.251 e. The van der Waals surface area contributed by atoms with Crippen LogP contribution in [0.25, 0.3) is 11.1 Å². The lowest BCUT2D eigenvalue weighted by Crippen LogP contribution is -2.28. The summed E-state index contributed by atoms with van der Waals surface area (Å²) in [6, 6.07) is 17.1. The molecule has 10 heteroatoms. The van der Waals surface area contributed by atoms with Crippen molar-refractivity contribution in [3.8, 4) is 22.6 Å². The van der Waals surface area contributed by atoms with Crippen molar-refractivity contribution in [2.24, 2.45) is 10.9 Å². The highest BCUT2D eigenvalue weighted by molar-refractivity contribution is 7.89. The number of benzene rings is 3. The molecule has 0 fully saturated rings. The van der Waals surface area contributed by atoms with Gasteiger partial charge in [0, 0.05) is 16.7 Å². The third kappa shape index (κ3) is 5.42. The highest BCUT2D eigenvalue weighted by Gasteiger charge is 2.15. The minimum absolute atomic E-state index is 0.00597. The molecular formula is C22H22N4O5S. The van der Waals surface area contributed by atoms with E-state index in [1.807, 2.05) is 0 Å². The molecule has 0 bridgehead atoms. The van der Waals surface area contributed by atoms with Crippen LogP contribution in [-0.2, 0) is 10.0 Å². The molecule has 0 saturated carbocycles. The van der Waals surface area contributed by atoms with E-state index < -0.39 is 10.0 Å². The van der Waals surface area contributed by atoms with E-state index in [4.69, 9.17) is 21.0 Å². The lowest BCUT2D eigenvalue weighted by molar-refractivity contribution is 0.0947. The highest BCUT2D eigenvalue weighted by atomic mass is 32.2. The maximum atomic E-state index is 12.4. The van der Waals surface area contributed by atoms with Crippen molar-refractivity contribution in [2.45, 2.75) is 4.90 Å². The van der Waals surface area contributed by atoms with Crippen molar-refractivity contribution in [2.75, 3.05) is 13.2 Å². The standard InChI is InChI=1S/C22H22N4O5S/c23-21(24)16-9-10-18(27)19(13-16)31-12-11-26-22(28)15-7-5-14(6-8-15)17-3-1-2-4-20(17)32(25,29)30/h1-10,13,27H,11-12H2,(H3,23,24)(H,26,28)(H2,25,29,30). The number of hydrogen-bond acceptors (Lipinski definition) is 6. The molecule has 0 aliphatic carbocycles. The van der Waals surface area contributed by atoms with E-state index in [0.717, 1.165) is 0 Å². The number of carbonyl (C=O) groups excluding carboxylic acids is 1. The van der Waals surface area contributed by atoms with Gasteiger partial charge in [-0.3, -0.25) is 10.2 Å². The Balaban J connectivity index is 1.61. The second kappa shape index (κ2) is 9.50. The zero-order chi connectivity index (χ0) is 23.3. The monoisotopic (exact) mass is 454 g/mol. The van der Waals surface area contributed by atoms with Crippen LogP contribution in [0.1, 0.15) is 15.9 Å². The number of aromatic hydroxyl groups is 1. The van der Waals surface area contributed by atoms with E-state index in [9.17, 15) is 18.3 Å². The Bertz CT molecular complexity index is 1260. The van der Waals surface area contributed by atoms with Gasteiger partial charge in [0.05, 0.1) is 11.4 Å². The Hall–Kier alpha value is -3.89. The van der Waals surface area contributed by atoms with Crippen molar-refractivity contribution in [1.29, 1.82) is 5.41 Å². The molecule has 0 aromatic heterocycles. The fraction of sp³-hybridized carbons (Fsp3) is 0.0909. The number of amidine groups is 1. The fourth-order valence-electron chi connectivity index (χ4n) is 2.98. The lowest BCUT2D eigenvalue weighted by Gasteiger charge is -2.11. The smallest absolute Gasteiger partial charge is 0.251 e. The zero-order valence-corrected chi connectivity index (χ0v) is 17.7. The first-order valence-corrected chi connectivity index (χ1v) is 11.0. The molecule has 0 unspecified atom stereocenters. The van der Waals surface area contributed by atoms with Crippen LogP contribution in [0.4, 0.5) is 0 Å². The largest absolute Gasteiger partial charge is 0.504 e. The summed E-state index contributed by atoms with van der Waals surface area (Å²) in [5.41, 5.74) is 7.26. The molecule has 32 heavy (non-hydrogen) atoms. The van der Waals surface area contributed by atoms with E-state index in [1.54, 1.807) is 42.5 Å². The summed E-state index contributed by atoms with van der Waals surface area (Å²) < 4.78 is 29.0. The minimum atomic E-state index is -3.89. The average molecular weight is 455 g/mol. The summed E-state index contributed by atoms with van der Waals surface area (Å²) in [4.78, 5) is 12.4. The number of sulfonamides is 1. The molecule has 0 spiro atoms. The van der Waals surface area contributed by atoms with Crippen molar-refractivity contribution in [1.82, 2.24) is 5.32 Å². The molecule has 3 aromatic carbocycles. The molecule has 0 aliphatic heterocycles. The Morgan fingerprint density at radius 1 is 1.03 bits per heavy atom. The number of ether oxygens (including phenoxy) is 1. The van der Waals surface area contributed by atoms with Crippen LogP contribution in [0.3, 0.4) is 0 Å². The number of nitrogens with two attached hydrogens (primary N) is 2. The number of primary sulfonamides is 1. The Kier molecular flexibility index (Phi) is 6.76. The highest BCUT2D eigenvalue weighted by Crippen LogP contribution is 2.27. The Morgan fingerprint density at radius 2 is 1.69 bits per heavy atom. The van der Waals surface area contributed by atoms with Gasteiger partial charge >= 0.3 is 0 Å². The number of hydrogen-bond donors (Lipinski definition) is 5. The molecule has 7 N–H and O–H groups in total. The summed E-state index contributed by atoms with van der Waals surface area (Å²) in [6.07, 6.45) is 0. The van der Waals surface area contributed by atoms with Crippen LogP contribution in [0.15, 0.2) is 71.6 Å². The van der Waals surface area contributed by atoms with E-state index in [-0.39, 0.29) is 41.3 Å². The number of nitrogen functional groups attached to an aromatic ring is 1. The molecule has 0 radical (unpaired) electrons. The Morgan fingerprint density at radius 3 is 2.34 bits per heavy atom.